The van der Waals surface area contributed by atoms with Crippen LogP contribution in [0.2, 0.25) is 0 Å². The van der Waals surface area contributed by atoms with Crippen molar-refractivity contribution in [3.63, 3.8) is 0 Å². The predicted molar refractivity (Wildman–Crippen MR) is 64.8 cm³/mol. The summed E-state index contributed by atoms with van der Waals surface area (Å²) in [5.41, 5.74) is 0.771. The Hall–Kier alpha value is -0.850. The topological polar surface area (TPSA) is 35.8 Å². The summed E-state index contributed by atoms with van der Waals surface area (Å²) in [6.07, 6.45) is 1.20. The highest BCUT2D eigenvalue weighted by atomic mass is 32.1. The molecule has 1 N–H and O–H groups in total. The van der Waals surface area contributed by atoms with E-state index >= 15 is 0 Å². The van der Waals surface area contributed by atoms with Gasteiger partial charge in [0.15, 0.2) is 0 Å². The zero-order valence-electron chi connectivity index (χ0n) is 9.58. The largest absolute Gasteiger partial charge is 0.309 e. The second-order valence-corrected chi connectivity index (χ2v) is 4.96. The molecule has 0 spiro atoms. The van der Waals surface area contributed by atoms with Crippen LogP contribution >= 0.6 is 11.3 Å². The van der Waals surface area contributed by atoms with Crippen molar-refractivity contribution in [3.05, 3.63) is 21.9 Å². The molecule has 1 aromatic heterocycles. The van der Waals surface area contributed by atoms with Crippen molar-refractivity contribution >= 4 is 11.3 Å². The van der Waals surface area contributed by atoms with Crippen LogP contribution in [0.4, 0.5) is 0 Å². The fourth-order valence-corrected chi connectivity index (χ4v) is 2.11. The van der Waals surface area contributed by atoms with Crippen molar-refractivity contribution < 1.29 is 0 Å². The van der Waals surface area contributed by atoms with Gasteiger partial charge in [-0.1, -0.05) is 20.3 Å². The molecule has 0 bridgehead atoms. The Labute approximate surface area is 95.9 Å². The van der Waals surface area contributed by atoms with E-state index in [0.29, 0.717) is 12.0 Å². The second-order valence-electron chi connectivity index (χ2n) is 3.97. The van der Waals surface area contributed by atoms with Crippen LogP contribution in [-0.4, -0.2) is 6.04 Å². The van der Waals surface area contributed by atoms with E-state index in [2.05, 4.69) is 32.2 Å². The van der Waals surface area contributed by atoms with Crippen molar-refractivity contribution in [2.24, 2.45) is 5.92 Å². The van der Waals surface area contributed by atoms with Crippen molar-refractivity contribution in [3.8, 4) is 6.07 Å². The van der Waals surface area contributed by atoms with Crippen LogP contribution in [0.1, 0.15) is 37.6 Å². The maximum atomic E-state index is 8.69. The van der Waals surface area contributed by atoms with E-state index in [9.17, 15) is 0 Å². The van der Waals surface area contributed by atoms with Gasteiger partial charge in [0, 0.05) is 22.8 Å². The van der Waals surface area contributed by atoms with Crippen LogP contribution in [0, 0.1) is 17.2 Å². The molecule has 2 unspecified atom stereocenters. The molecule has 3 heteroatoms. The van der Waals surface area contributed by atoms with Crippen LogP contribution < -0.4 is 5.32 Å². The van der Waals surface area contributed by atoms with E-state index < -0.39 is 0 Å². The monoisotopic (exact) mass is 222 g/mol. The van der Waals surface area contributed by atoms with Crippen LogP contribution in [0.15, 0.2) is 11.4 Å². The highest BCUT2D eigenvalue weighted by Gasteiger charge is 2.09. The third-order valence-electron chi connectivity index (χ3n) is 2.88. The van der Waals surface area contributed by atoms with Crippen LogP contribution in [0.25, 0.3) is 0 Å². The standard InChI is InChI=1S/C12H18N2S/c1-4-9(2)10(3)14-7-12-5-11(6-13)8-15-12/h5,8-10,14H,4,7H2,1-3H3. The molecule has 2 atom stereocenters. The van der Waals surface area contributed by atoms with Gasteiger partial charge >= 0.3 is 0 Å². The molecule has 0 aliphatic carbocycles. The van der Waals surface area contributed by atoms with Gasteiger partial charge in [-0.2, -0.15) is 5.26 Å². The summed E-state index contributed by atoms with van der Waals surface area (Å²) >= 11 is 1.65. The molecule has 1 aromatic rings. The minimum atomic E-state index is 0.530. The fraction of sp³-hybridized carbons (Fsp3) is 0.583. The van der Waals surface area contributed by atoms with Crippen molar-refractivity contribution in [1.82, 2.24) is 5.32 Å². The molecule has 1 rings (SSSR count). The maximum absolute atomic E-state index is 8.69. The van der Waals surface area contributed by atoms with Gasteiger partial charge in [-0.15, -0.1) is 11.3 Å². The molecule has 0 radical (unpaired) electrons. The third-order valence-corrected chi connectivity index (χ3v) is 3.82. The molecule has 0 aromatic carbocycles. The number of hydrogen-bond donors (Lipinski definition) is 1. The Morgan fingerprint density at radius 2 is 2.27 bits per heavy atom. The van der Waals surface area contributed by atoms with E-state index in [-0.39, 0.29) is 0 Å². The highest BCUT2D eigenvalue weighted by Crippen LogP contribution is 2.14. The number of rotatable bonds is 5. The van der Waals surface area contributed by atoms with Crippen LogP contribution in [0.5, 0.6) is 0 Å². The lowest BCUT2D eigenvalue weighted by molar-refractivity contribution is 0.391. The normalized spacial score (nSPS) is 14.5. The van der Waals surface area contributed by atoms with E-state index in [1.807, 2.05) is 11.4 Å². The minimum Gasteiger partial charge on any atom is -0.309 e. The molecular formula is C12H18N2S. The lowest BCUT2D eigenvalue weighted by Gasteiger charge is -2.19. The number of nitriles is 1. The maximum Gasteiger partial charge on any atom is 0.100 e. The van der Waals surface area contributed by atoms with Gasteiger partial charge in [-0.3, -0.25) is 0 Å². The number of nitrogens with zero attached hydrogens (tertiary/aromatic N) is 1. The van der Waals surface area contributed by atoms with Gasteiger partial charge in [0.05, 0.1) is 5.56 Å². The van der Waals surface area contributed by atoms with Crippen molar-refractivity contribution in [2.75, 3.05) is 0 Å². The van der Waals surface area contributed by atoms with Gasteiger partial charge in [0.1, 0.15) is 6.07 Å². The van der Waals surface area contributed by atoms with Crippen LogP contribution in [0.3, 0.4) is 0 Å². The fourth-order valence-electron chi connectivity index (χ4n) is 1.35. The first-order valence-electron chi connectivity index (χ1n) is 5.38. The summed E-state index contributed by atoms with van der Waals surface area (Å²) in [6, 6.07) is 4.64. The van der Waals surface area contributed by atoms with Crippen molar-refractivity contribution in [2.45, 2.75) is 39.8 Å². The quantitative estimate of drug-likeness (QED) is 0.830. The zero-order chi connectivity index (χ0) is 11.3. The van der Waals surface area contributed by atoms with E-state index in [4.69, 9.17) is 5.26 Å². The second kappa shape index (κ2) is 5.89. The molecule has 1 heterocycles. The Morgan fingerprint density at radius 1 is 1.53 bits per heavy atom. The SMILES string of the molecule is CCC(C)C(C)NCc1cc(C#N)cs1. The van der Waals surface area contributed by atoms with E-state index in [1.54, 1.807) is 11.3 Å². The number of nitrogens with one attached hydrogen (secondary N) is 1. The van der Waals surface area contributed by atoms with Crippen molar-refractivity contribution in [1.29, 1.82) is 5.26 Å². The Bertz CT molecular complexity index is 338. The zero-order valence-corrected chi connectivity index (χ0v) is 10.4. The minimum absolute atomic E-state index is 0.530. The summed E-state index contributed by atoms with van der Waals surface area (Å²) in [5, 5.41) is 14.1. The molecule has 82 valence electrons. The molecule has 0 aliphatic heterocycles. The van der Waals surface area contributed by atoms with Gasteiger partial charge < -0.3 is 5.32 Å². The average molecular weight is 222 g/mol. The number of hydrogen-bond acceptors (Lipinski definition) is 3. The van der Waals surface area contributed by atoms with Gasteiger partial charge in [-0.05, 0) is 18.9 Å². The highest BCUT2D eigenvalue weighted by molar-refractivity contribution is 7.10. The summed E-state index contributed by atoms with van der Waals surface area (Å²) in [6.45, 7) is 7.55. The molecule has 0 saturated heterocycles. The van der Waals surface area contributed by atoms with Gasteiger partial charge in [0.2, 0.25) is 0 Å². The first-order chi connectivity index (χ1) is 7.17. The lowest BCUT2D eigenvalue weighted by Crippen LogP contribution is -2.31. The number of thiophene rings is 1. The summed E-state index contributed by atoms with van der Waals surface area (Å²) in [4.78, 5) is 1.24. The summed E-state index contributed by atoms with van der Waals surface area (Å²) in [7, 11) is 0. The van der Waals surface area contributed by atoms with Gasteiger partial charge in [0.25, 0.3) is 0 Å². The van der Waals surface area contributed by atoms with E-state index in [1.165, 1.54) is 11.3 Å². The smallest absolute Gasteiger partial charge is 0.100 e. The molecule has 15 heavy (non-hydrogen) atoms. The summed E-state index contributed by atoms with van der Waals surface area (Å²) in [5.74, 6) is 0.695. The summed E-state index contributed by atoms with van der Waals surface area (Å²) < 4.78 is 0. The Kier molecular flexibility index (Phi) is 4.80. The Morgan fingerprint density at radius 3 is 2.80 bits per heavy atom. The average Bonchev–Trinajstić information content (AvgIpc) is 2.72. The molecule has 2 nitrogen and oxygen atoms in total. The Balaban J connectivity index is 2.40. The molecular weight excluding hydrogens is 204 g/mol. The molecule has 0 aliphatic rings. The lowest BCUT2D eigenvalue weighted by atomic mass is 10.0. The first-order valence-corrected chi connectivity index (χ1v) is 6.26. The van der Waals surface area contributed by atoms with Crippen LogP contribution in [-0.2, 0) is 6.54 Å². The molecule has 0 saturated carbocycles. The molecule has 0 fully saturated rings. The third kappa shape index (κ3) is 3.65. The van der Waals surface area contributed by atoms with Gasteiger partial charge in [-0.25, -0.2) is 0 Å². The molecule has 0 amide bonds. The predicted octanol–water partition coefficient (Wildman–Crippen LogP) is 3.14. The van der Waals surface area contributed by atoms with E-state index in [0.717, 1.165) is 12.1 Å². The first kappa shape index (κ1) is 12.2.